The standard InChI is InChI=1S/C23H29N4O6P/c1-15-13-25(15)34(31,26-14-16(26)2)33-17(3)18-9-10-21(27(29)30)22(12-18)32-20-8-6-7-19(11-20)23(28)24(4)5/h6-12,15-17H,13-14H2,1-5H3/t15?,16?,17-,25?,26?,34?/m0/s1. The van der Waals surface area contributed by atoms with E-state index in [1.54, 1.807) is 45.3 Å². The smallest absolute Gasteiger partial charge is 0.347 e. The van der Waals surface area contributed by atoms with Gasteiger partial charge in [-0.25, -0.2) is 9.34 Å². The van der Waals surface area contributed by atoms with E-state index in [1.807, 2.05) is 23.2 Å². The highest BCUT2D eigenvalue weighted by Gasteiger charge is 2.57. The minimum atomic E-state index is -3.16. The van der Waals surface area contributed by atoms with E-state index in [1.165, 1.54) is 23.1 Å². The van der Waals surface area contributed by atoms with Gasteiger partial charge in [-0.15, -0.1) is 0 Å². The van der Waals surface area contributed by atoms with Gasteiger partial charge in [-0.3, -0.25) is 24.0 Å². The summed E-state index contributed by atoms with van der Waals surface area (Å²) in [4.78, 5) is 24.8. The minimum Gasteiger partial charge on any atom is -0.450 e. The zero-order valence-corrected chi connectivity index (χ0v) is 20.8. The molecule has 2 aromatic rings. The molecule has 10 nitrogen and oxygen atoms in total. The Balaban J connectivity index is 1.60. The summed E-state index contributed by atoms with van der Waals surface area (Å²) in [5.41, 5.74) is 0.784. The molecule has 0 spiro atoms. The largest absolute Gasteiger partial charge is 0.450 e. The SMILES string of the molecule is CC1CN1P(=O)(O[C@@H](C)c1ccc([N+](=O)[O-])c(Oc2cccc(C(=O)N(C)C)c2)c1)N1CC1C. The average molecular weight is 488 g/mol. The molecule has 2 fully saturated rings. The van der Waals surface area contributed by atoms with Crippen LogP contribution in [0.3, 0.4) is 0 Å². The lowest BCUT2D eigenvalue weighted by Gasteiger charge is -2.25. The molecule has 0 N–H and O–H groups in total. The van der Waals surface area contributed by atoms with Crippen molar-refractivity contribution in [3.05, 3.63) is 63.7 Å². The summed E-state index contributed by atoms with van der Waals surface area (Å²) < 4.78 is 29.4. The molecule has 0 aliphatic carbocycles. The first-order valence-electron chi connectivity index (χ1n) is 11.1. The highest BCUT2D eigenvalue weighted by molar-refractivity contribution is 7.54. The Morgan fingerprint density at radius 3 is 2.29 bits per heavy atom. The monoisotopic (exact) mass is 488 g/mol. The van der Waals surface area contributed by atoms with Crippen molar-refractivity contribution >= 4 is 19.3 Å². The number of rotatable bonds is 9. The first kappa shape index (κ1) is 24.3. The van der Waals surface area contributed by atoms with Crippen LogP contribution < -0.4 is 4.74 Å². The van der Waals surface area contributed by atoms with Crippen LogP contribution in [-0.4, -0.2) is 64.3 Å². The molecule has 2 heterocycles. The normalized spacial score (nSPS) is 25.7. The number of hydrogen-bond acceptors (Lipinski definition) is 6. The number of ether oxygens (including phenoxy) is 1. The number of nitrogens with zero attached hydrogens (tertiary/aromatic N) is 4. The maximum Gasteiger partial charge on any atom is 0.347 e. The molecule has 11 heteroatoms. The van der Waals surface area contributed by atoms with Crippen LogP contribution in [0, 0.1) is 10.1 Å². The Morgan fingerprint density at radius 1 is 1.15 bits per heavy atom. The molecule has 4 rings (SSSR count). The van der Waals surface area contributed by atoms with E-state index in [4.69, 9.17) is 9.26 Å². The average Bonchev–Trinajstić information content (AvgIpc) is 3.70. The fourth-order valence-corrected chi connectivity index (χ4v) is 6.73. The lowest BCUT2D eigenvalue weighted by Crippen LogP contribution is -2.21. The molecule has 0 aromatic heterocycles. The molecule has 2 saturated heterocycles. The second kappa shape index (κ2) is 9.11. The van der Waals surface area contributed by atoms with Crippen LogP contribution in [0.5, 0.6) is 11.5 Å². The molecule has 34 heavy (non-hydrogen) atoms. The molecule has 0 bridgehead atoms. The van der Waals surface area contributed by atoms with Gasteiger partial charge in [0.2, 0.25) is 5.75 Å². The summed E-state index contributed by atoms with van der Waals surface area (Å²) in [5.74, 6) is 0.102. The zero-order chi connectivity index (χ0) is 24.8. The summed E-state index contributed by atoms with van der Waals surface area (Å²) >= 11 is 0. The van der Waals surface area contributed by atoms with E-state index < -0.39 is 18.7 Å². The Labute approximate surface area is 198 Å². The highest BCUT2D eigenvalue weighted by atomic mass is 31.2. The van der Waals surface area contributed by atoms with Gasteiger partial charge in [-0.2, -0.15) is 0 Å². The first-order valence-corrected chi connectivity index (χ1v) is 12.6. The number of hydrogen-bond donors (Lipinski definition) is 0. The van der Waals surface area contributed by atoms with Crippen molar-refractivity contribution in [2.75, 3.05) is 27.2 Å². The topological polar surface area (TPSA) is 105 Å². The van der Waals surface area contributed by atoms with Gasteiger partial charge in [0.1, 0.15) is 5.75 Å². The quantitative estimate of drug-likeness (QED) is 0.217. The van der Waals surface area contributed by atoms with Crippen LogP contribution in [0.15, 0.2) is 42.5 Å². The van der Waals surface area contributed by atoms with Gasteiger partial charge < -0.3 is 9.64 Å². The predicted octanol–water partition coefficient (Wildman–Crippen LogP) is 4.68. The van der Waals surface area contributed by atoms with Crippen molar-refractivity contribution in [1.29, 1.82) is 0 Å². The Hall–Kier alpha value is -2.78. The van der Waals surface area contributed by atoms with E-state index in [0.29, 0.717) is 30.0 Å². The maximum atomic E-state index is 13.7. The third-order valence-corrected chi connectivity index (χ3v) is 8.97. The number of carbonyl (C=O) groups is 1. The second-order valence-corrected chi connectivity index (χ2v) is 11.2. The van der Waals surface area contributed by atoms with Gasteiger partial charge in [-0.05, 0) is 56.7 Å². The second-order valence-electron chi connectivity index (χ2n) is 8.99. The van der Waals surface area contributed by atoms with E-state index in [2.05, 4.69) is 0 Å². The van der Waals surface area contributed by atoms with Gasteiger partial charge in [0.15, 0.2) is 0 Å². The Kier molecular flexibility index (Phi) is 6.52. The first-order chi connectivity index (χ1) is 16.0. The molecule has 2 aliphatic rings. The van der Waals surface area contributed by atoms with Gasteiger partial charge in [0, 0.05) is 50.9 Å². The summed E-state index contributed by atoms with van der Waals surface area (Å²) in [6.45, 7) is 7.20. The van der Waals surface area contributed by atoms with Gasteiger partial charge in [-0.1, -0.05) is 6.07 Å². The lowest BCUT2D eigenvalue weighted by atomic mass is 10.1. The number of nitro benzene ring substituents is 1. The fraction of sp³-hybridized carbons (Fsp3) is 0.435. The number of carbonyl (C=O) groups excluding carboxylic acids is 1. The van der Waals surface area contributed by atoms with E-state index in [-0.39, 0.29) is 29.4 Å². The Bertz CT molecular complexity index is 1150. The summed E-state index contributed by atoms with van der Waals surface area (Å²) in [6, 6.07) is 11.3. The molecule has 0 radical (unpaired) electrons. The molecular weight excluding hydrogens is 459 g/mol. The van der Waals surface area contributed by atoms with Crippen LogP contribution in [0.1, 0.15) is 42.8 Å². The van der Waals surface area contributed by atoms with Crippen LogP contribution in [0.4, 0.5) is 5.69 Å². The molecule has 4 unspecified atom stereocenters. The minimum absolute atomic E-state index is 0.0161. The van der Waals surface area contributed by atoms with Crippen LogP contribution in [0.2, 0.25) is 0 Å². The third-order valence-electron chi connectivity index (χ3n) is 5.96. The van der Waals surface area contributed by atoms with Crippen molar-refractivity contribution < 1.29 is 23.5 Å². The molecule has 2 aliphatic heterocycles. The molecular formula is C23H29N4O6P. The highest BCUT2D eigenvalue weighted by Crippen LogP contribution is 2.66. The lowest BCUT2D eigenvalue weighted by molar-refractivity contribution is -0.385. The zero-order valence-electron chi connectivity index (χ0n) is 19.9. The molecule has 5 atom stereocenters. The predicted molar refractivity (Wildman–Crippen MR) is 127 cm³/mol. The summed E-state index contributed by atoms with van der Waals surface area (Å²) in [5, 5.41) is 11.6. The number of benzene rings is 2. The number of nitro groups is 1. The van der Waals surface area contributed by atoms with Crippen LogP contribution in [0.25, 0.3) is 0 Å². The van der Waals surface area contributed by atoms with Gasteiger partial charge >= 0.3 is 13.4 Å². The molecule has 1 amide bonds. The maximum absolute atomic E-state index is 13.7. The van der Waals surface area contributed by atoms with Crippen molar-refractivity contribution in [3.63, 3.8) is 0 Å². The number of amides is 1. The van der Waals surface area contributed by atoms with Crippen LogP contribution in [-0.2, 0) is 9.09 Å². The summed E-state index contributed by atoms with van der Waals surface area (Å²) in [6.07, 6.45) is -0.587. The molecule has 182 valence electrons. The van der Waals surface area contributed by atoms with Crippen LogP contribution >= 0.6 is 7.67 Å². The van der Waals surface area contributed by atoms with Crippen molar-refractivity contribution in [1.82, 2.24) is 14.2 Å². The van der Waals surface area contributed by atoms with E-state index in [0.717, 1.165) is 0 Å². The third kappa shape index (κ3) is 4.86. The van der Waals surface area contributed by atoms with Crippen molar-refractivity contribution in [3.8, 4) is 11.5 Å². The van der Waals surface area contributed by atoms with E-state index >= 15 is 0 Å². The van der Waals surface area contributed by atoms with Gasteiger partial charge in [0.25, 0.3) is 5.91 Å². The molecule has 0 saturated carbocycles. The molecule has 2 aromatic carbocycles. The summed E-state index contributed by atoms with van der Waals surface area (Å²) in [7, 11) is 0.117. The fourth-order valence-electron chi connectivity index (χ4n) is 3.78. The van der Waals surface area contributed by atoms with Crippen molar-refractivity contribution in [2.45, 2.75) is 39.0 Å². The van der Waals surface area contributed by atoms with Gasteiger partial charge in [0.05, 0.1) is 11.0 Å². The van der Waals surface area contributed by atoms with E-state index in [9.17, 15) is 19.5 Å². The van der Waals surface area contributed by atoms with Crippen molar-refractivity contribution in [2.24, 2.45) is 0 Å². The Morgan fingerprint density at radius 2 is 1.76 bits per heavy atom.